The SMILES string of the molecule is CC(C)COc1cc(-c2ccc(CCNC[C@@H](O)c3cccnc3)cc2)ccc1C(=O)O.Cl.Cl. The van der Waals surface area contributed by atoms with Crippen LogP contribution in [0, 0.1) is 5.92 Å². The predicted octanol–water partition coefficient (Wildman–Crippen LogP) is 5.19. The molecule has 2 aromatic carbocycles. The first-order valence-corrected chi connectivity index (χ1v) is 10.8. The third kappa shape index (κ3) is 8.61. The average molecular weight is 507 g/mol. The Balaban J connectivity index is 0.00000289. The van der Waals surface area contributed by atoms with Gasteiger partial charge in [0, 0.05) is 24.5 Å². The van der Waals surface area contributed by atoms with Crippen molar-refractivity contribution in [3.8, 4) is 16.9 Å². The Morgan fingerprint density at radius 1 is 1.06 bits per heavy atom. The lowest BCUT2D eigenvalue weighted by Crippen LogP contribution is -2.23. The van der Waals surface area contributed by atoms with Crippen molar-refractivity contribution >= 4 is 30.8 Å². The monoisotopic (exact) mass is 506 g/mol. The largest absolute Gasteiger partial charge is 0.492 e. The maximum absolute atomic E-state index is 11.5. The van der Waals surface area contributed by atoms with Gasteiger partial charge in [-0.3, -0.25) is 4.98 Å². The molecule has 0 aliphatic carbocycles. The first kappa shape index (κ1) is 29.4. The van der Waals surface area contributed by atoms with Gasteiger partial charge < -0.3 is 20.3 Å². The van der Waals surface area contributed by atoms with Crippen LogP contribution in [0.4, 0.5) is 0 Å². The summed E-state index contributed by atoms with van der Waals surface area (Å²) in [5, 5.41) is 22.9. The predicted molar refractivity (Wildman–Crippen MR) is 139 cm³/mol. The number of halogens is 2. The second-order valence-electron chi connectivity index (χ2n) is 8.17. The minimum Gasteiger partial charge on any atom is -0.492 e. The van der Waals surface area contributed by atoms with E-state index in [0.717, 1.165) is 29.7 Å². The summed E-state index contributed by atoms with van der Waals surface area (Å²) in [5.74, 6) is -0.297. The number of hydrogen-bond donors (Lipinski definition) is 3. The lowest BCUT2D eigenvalue weighted by atomic mass is 10.0. The van der Waals surface area contributed by atoms with Crippen molar-refractivity contribution in [3.05, 3.63) is 83.7 Å². The highest BCUT2D eigenvalue weighted by Gasteiger charge is 2.13. The Kier molecular flexibility index (Phi) is 12.6. The number of aliphatic hydroxyl groups excluding tert-OH is 1. The second-order valence-corrected chi connectivity index (χ2v) is 8.17. The molecule has 1 aromatic heterocycles. The molecule has 0 saturated carbocycles. The summed E-state index contributed by atoms with van der Waals surface area (Å²) in [6.45, 7) is 5.73. The first-order chi connectivity index (χ1) is 15.4. The summed E-state index contributed by atoms with van der Waals surface area (Å²) in [5.41, 5.74) is 4.06. The quantitative estimate of drug-likeness (QED) is 0.310. The Morgan fingerprint density at radius 3 is 2.38 bits per heavy atom. The molecule has 3 N–H and O–H groups in total. The van der Waals surface area contributed by atoms with Crippen molar-refractivity contribution < 1.29 is 19.7 Å². The van der Waals surface area contributed by atoms with Gasteiger partial charge in [0.05, 0.1) is 12.7 Å². The van der Waals surface area contributed by atoms with Gasteiger partial charge in [-0.1, -0.05) is 50.2 Å². The Morgan fingerprint density at radius 2 is 1.76 bits per heavy atom. The van der Waals surface area contributed by atoms with Gasteiger partial charge in [-0.25, -0.2) is 4.79 Å². The molecule has 3 aromatic rings. The van der Waals surface area contributed by atoms with Gasteiger partial charge in [0.15, 0.2) is 0 Å². The van der Waals surface area contributed by atoms with Crippen LogP contribution in [0.25, 0.3) is 11.1 Å². The second kappa shape index (κ2) is 14.6. The van der Waals surface area contributed by atoms with E-state index in [1.807, 2.05) is 44.2 Å². The molecular weight excluding hydrogens is 475 g/mol. The standard InChI is InChI=1S/C26H30N2O4.2ClH/c1-18(2)17-32-25-14-21(9-10-23(25)26(30)31)20-7-5-19(6-8-20)11-13-28-16-24(29)22-4-3-12-27-15-22;;/h3-10,12,14-15,18,24,28-29H,11,13,16-17H2,1-2H3,(H,30,31);2*1H/t24-;;/m1../s1. The third-order valence-corrected chi connectivity index (χ3v) is 5.07. The van der Waals surface area contributed by atoms with Gasteiger partial charge in [-0.2, -0.15) is 0 Å². The number of aliphatic hydroxyl groups is 1. The summed E-state index contributed by atoms with van der Waals surface area (Å²) < 4.78 is 5.75. The van der Waals surface area contributed by atoms with E-state index < -0.39 is 12.1 Å². The van der Waals surface area contributed by atoms with E-state index in [1.165, 1.54) is 5.56 Å². The van der Waals surface area contributed by atoms with Crippen LogP contribution in [0.1, 0.15) is 41.4 Å². The van der Waals surface area contributed by atoms with Crippen molar-refractivity contribution in [1.82, 2.24) is 10.3 Å². The fraction of sp³-hybridized carbons (Fsp3) is 0.308. The molecule has 184 valence electrons. The molecule has 1 heterocycles. The third-order valence-electron chi connectivity index (χ3n) is 5.07. The van der Waals surface area contributed by atoms with Gasteiger partial charge in [-0.05, 0) is 53.8 Å². The van der Waals surface area contributed by atoms with Gasteiger partial charge in [0.1, 0.15) is 11.3 Å². The number of nitrogens with one attached hydrogen (secondary N) is 1. The summed E-state index contributed by atoms with van der Waals surface area (Å²) in [4.78, 5) is 15.5. The van der Waals surface area contributed by atoms with E-state index >= 15 is 0 Å². The zero-order chi connectivity index (χ0) is 22.9. The van der Waals surface area contributed by atoms with Crippen LogP contribution in [0.15, 0.2) is 67.0 Å². The maximum Gasteiger partial charge on any atom is 0.339 e. The smallest absolute Gasteiger partial charge is 0.339 e. The highest BCUT2D eigenvalue weighted by molar-refractivity contribution is 5.92. The lowest BCUT2D eigenvalue weighted by Gasteiger charge is -2.13. The highest BCUT2D eigenvalue weighted by Crippen LogP contribution is 2.28. The summed E-state index contributed by atoms with van der Waals surface area (Å²) in [7, 11) is 0. The normalized spacial score (nSPS) is 11.3. The van der Waals surface area contributed by atoms with Gasteiger partial charge in [-0.15, -0.1) is 24.8 Å². The number of aromatic carboxylic acids is 1. The summed E-state index contributed by atoms with van der Waals surface area (Å²) in [6.07, 6.45) is 3.62. The van der Waals surface area contributed by atoms with E-state index in [1.54, 1.807) is 24.5 Å². The van der Waals surface area contributed by atoms with Gasteiger partial charge in [0.25, 0.3) is 0 Å². The number of rotatable bonds is 11. The molecule has 34 heavy (non-hydrogen) atoms. The number of carbonyl (C=O) groups is 1. The number of pyridine rings is 1. The van der Waals surface area contributed by atoms with Crippen molar-refractivity contribution in [2.75, 3.05) is 19.7 Å². The zero-order valence-corrected chi connectivity index (χ0v) is 20.9. The average Bonchev–Trinajstić information content (AvgIpc) is 2.81. The molecule has 0 spiro atoms. The fourth-order valence-electron chi connectivity index (χ4n) is 3.28. The molecule has 3 rings (SSSR count). The molecule has 0 saturated heterocycles. The van der Waals surface area contributed by atoms with Gasteiger partial charge >= 0.3 is 5.97 Å². The number of aromatic nitrogens is 1. The number of hydrogen-bond acceptors (Lipinski definition) is 5. The maximum atomic E-state index is 11.5. The van der Waals surface area contributed by atoms with E-state index in [2.05, 4.69) is 22.4 Å². The minimum absolute atomic E-state index is 0. The topological polar surface area (TPSA) is 91.7 Å². The van der Waals surface area contributed by atoms with Crippen LogP contribution in [0.5, 0.6) is 5.75 Å². The van der Waals surface area contributed by atoms with Crippen LogP contribution in [0.2, 0.25) is 0 Å². The molecule has 0 aliphatic rings. The fourth-order valence-corrected chi connectivity index (χ4v) is 3.28. The molecule has 0 bridgehead atoms. The van der Waals surface area contributed by atoms with E-state index in [-0.39, 0.29) is 30.4 Å². The minimum atomic E-state index is -0.994. The van der Waals surface area contributed by atoms with E-state index in [0.29, 0.717) is 24.8 Å². The van der Waals surface area contributed by atoms with Crippen LogP contribution >= 0.6 is 24.8 Å². The van der Waals surface area contributed by atoms with E-state index in [4.69, 9.17) is 4.74 Å². The van der Waals surface area contributed by atoms with Gasteiger partial charge in [0.2, 0.25) is 0 Å². The summed E-state index contributed by atoms with van der Waals surface area (Å²) in [6, 6.07) is 17.1. The lowest BCUT2D eigenvalue weighted by molar-refractivity contribution is 0.0691. The number of carboxylic acid groups (broad SMARTS) is 1. The summed E-state index contributed by atoms with van der Waals surface area (Å²) >= 11 is 0. The molecule has 8 heteroatoms. The highest BCUT2D eigenvalue weighted by atomic mass is 35.5. The number of carboxylic acids is 1. The molecule has 0 amide bonds. The molecule has 0 aliphatic heterocycles. The number of benzene rings is 2. The van der Waals surface area contributed by atoms with Crippen LogP contribution in [0.3, 0.4) is 0 Å². The van der Waals surface area contributed by atoms with E-state index in [9.17, 15) is 15.0 Å². The Bertz CT molecular complexity index is 1020. The molecule has 0 unspecified atom stereocenters. The molecule has 0 radical (unpaired) electrons. The van der Waals surface area contributed by atoms with Crippen molar-refractivity contribution in [2.45, 2.75) is 26.4 Å². The number of ether oxygens (including phenoxy) is 1. The zero-order valence-electron chi connectivity index (χ0n) is 19.3. The van der Waals surface area contributed by atoms with Crippen LogP contribution in [-0.2, 0) is 6.42 Å². The van der Waals surface area contributed by atoms with Crippen molar-refractivity contribution in [1.29, 1.82) is 0 Å². The number of nitrogens with zero attached hydrogens (tertiary/aromatic N) is 1. The first-order valence-electron chi connectivity index (χ1n) is 10.8. The molecule has 1 atom stereocenters. The Hall–Kier alpha value is -2.64. The van der Waals surface area contributed by atoms with Crippen LogP contribution < -0.4 is 10.1 Å². The molecular formula is C26H32Cl2N2O4. The Labute approximate surface area is 213 Å². The molecule has 6 nitrogen and oxygen atoms in total. The van der Waals surface area contributed by atoms with Crippen LogP contribution in [-0.4, -0.2) is 40.9 Å². The van der Waals surface area contributed by atoms with Crippen molar-refractivity contribution in [2.24, 2.45) is 5.92 Å². The van der Waals surface area contributed by atoms with Crippen molar-refractivity contribution in [3.63, 3.8) is 0 Å². The molecule has 0 fully saturated rings.